The van der Waals surface area contributed by atoms with Crippen LogP contribution in [0.3, 0.4) is 0 Å². The van der Waals surface area contributed by atoms with Gasteiger partial charge in [-0.2, -0.15) is 0 Å². The highest BCUT2D eigenvalue weighted by Gasteiger charge is 2.26. The Balaban J connectivity index is 2.66. The van der Waals surface area contributed by atoms with Gasteiger partial charge < -0.3 is 9.47 Å². The first kappa shape index (κ1) is 15.5. The van der Waals surface area contributed by atoms with Gasteiger partial charge in [0.1, 0.15) is 11.3 Å². The minimum Gasteiger partial charge on any atom is -0.464 e. The van der Waals surface area contributed by atoms with Crippen LogP contribution in [0.25, 0.3) is 11.0 Å². The zero-order chi connectivity index (χ0) is 15.8. The number of pyridine rings is 1. The summed E-state index contributed by atoms with van der Waals surface area (Å²) in [5.74, 6) is -0.634. The minimum atomic E-state index is -0.687. The van der Waals surface area contributed by atoms with E-state index in [2.05, 4.69) is 20.9 Å². The van der Waals surface area contributed by atoms with E-state index in [0.29, 0.717) is 11.0 Å². The number of carbonyl (C=O) groups excluding carboxylic acids is 2. The topological polar surface area (TPSA) is 70.4 Å². The average molecular weight is 355 g/mol. The Labute approximate surface area is 130 Å². The molecule has 0 amide bonds. The molecule has 0 aliphatic rings. The molecule has 0 aliphatic carbocycles. The molecule has 21 heavy (non-hydrogen) atoms. The number of rotatable bonds is 1. The molecule has 6 nitrogen and oxygen atoms in total. The maximum atomic E-state index is 12.4. The van der Waals surface area contributed by atoms with Gasteiger partial charge in [0.2, 0.25) is 0 Å². The Hall–Kier alpha value is -1.89. The predicted molar refractivity (Wildman–Crippen MR) is 80.4 cm³/mol. The van der Waals surface area contributed by atoms with Crippen molar-refractivity contribution in [1.29, 1.82) is 0 Å². The van der Waals surface area contributed by atoms with E-state index in [9.17, 15) is 9.59 Å². The van der Waals surface area contributed by atoms with Gasteiger partial charge in [-0.1, -0.05) is 0 Å². The maximum Gasteiger partial charge on any atom is 0.420 e. The number of aromatic nitrogens is 2. The molecular weight excluding hydrogens is 340 g/mol. The zero-order valence-electron chi connectivity index (χ0n) is 12.1. The molecule has 0 aromatic carbocycles. The highest BCUT2D eigenvalue weighted by atomic mass is 79.9. The van der Waals surface area contributed by atoms with Crippen molar-refractivity contribution in [3.63, 3.8) is 0 Å². The first-order valence-electron chi connectivity index (χ1n) is 6.22. The fraction of sp³-hybridized carbons (Fsp3) is 0.357. The molecule has 0 saturated heterocycles. The van der Waals surface area contributed by atoms with Crippen molar-refractivity contribution >= 4 is 39.0 Å². The van der Waals surface area contributed by atoms with Crippen molar-refractivity contribution < 1.29 is 19.1 Å². The summed E-state index contributed by atoms with van der Waals surface area (Å²) in [5.41, 5.74) is -0.284. The molecule has 0 atom stereocenters. The molecule has 0 N–H and O–H groups in total. The zero-order valence-corrected chi connectivity index (χ0v) is 13.7. The number of halogens is 1. The maximum absolute atomic E-state index is 12.4. The van der Waals surface area contributed by atoms with Crippen molar-refractivity contribution in [2.45, 2.75) is 26.4 Å². The van der Waals surface area contributed by atoms with Crippen LogP contribution in [0.2, 0.25) is 0 Å². The smallest absolute Gasteiger partial charge is 0.420 e. The summed E-state index contributed by atoms with van der Waals surface area (Å²) in [7, 11) is 1.25. The molecule has 0 bridgehead atoms. The second-order valence-corrected chi connectivity index (χ2v) is 6.22. The molecule has 0 radical (unpaired) electrons. The summed E-state index contributed by atoms with van der Waals surface area (Å²) in [6.07, 6.45) is 0.859. The standard InChI is InChI=1S/C14H15BrN2O4/c1-14(2,3)21-13(19)17-10(12(18)20-4)7-8-9(15)5-6-16-11(8)17/h5-7H,1-4H3. The van der Waals surface area contributed by atoms with Crippen molar-refractivity contribution in [1.82, 2.24) is 9.55 Å². The molecule has 7 heteroatoms. The lowest BCUT2D eigenvalue weighted by molar-refractivity contribution is 0.0489. The van der Waals surface area contributed by atoms with Crippen molar-refractivity contribution in [3.05, 3.63) is 28.5 Å². The lowest BCUT2D eigenvalue weighted by Gasteiger charge is -2.20. The van der Waals surface area contributed by atoms with Gasteiger partial charge in [-0.15, -0.1) is 0 Å². The predicted octanol–water partition coefficient (Wildman–Crippen LogP) is 3.37. The summed E-state index contributed by atoms with van der Waals surface area (Å²) in [5, 5.41) is 0.628. The van der Waals surface area contributed by atoms with Crippen LogP contribution in [0.15, 0.2) is 22.8 Å². The van der Waals surface area contributed by atoms with Gasteiger partial charge >= 0.3 is 12.1 Å². The number of ether oxygens (including phenoxy) is 2. The van der Waals surface area contributed by atoms with Gasteiger partial charge in [-0.25, -0.2) is 19.1 Å². The van der Waals surface area contributed by atoms with Crippen LogP contribution in [0.5, 0.6) is 0 Å². The summed E-state index contributed by atoms with van der Waals surface area (Å²) < 4.78 is 11.9. The molecular formula is C14H15BrN2O4. The molecule has 0 aliphatic heterocycles. The lowest BCUT2D eigenvalue weighted by atomic mass is 10.2. The number of nitrogens with zero attached hydrogens (tertiary/aromatic N) is 2. The Morgan fingerprint density at radius 2 is 2.00 bits per heavy atom. The van der Waals surface area contributed by atoms with Crippen molar-refractivity contribution in [2.75, 3.05) is 7.11 Å². The quantitative estimate of drug-likeness (QED) is 0.734. The first-order valence-corrected chi connectivity index (χ1v) is 7.01. The van der Waals surface area contributed by atoms with E-state index < -0.39 is 17.7 Å². The van der Waals surface area contributed by atoms with Gasteiger partial charge in [-0.05, 0) is 48.8 Å². The van der Waals surface area contributed by atoms with E-state index in [1.54, 1.807) is 32.9 Å². The van der Waals surface area contributed by atoms with Crippen LogP contribution >= 0.6 is 15.9 Å². The van der Waals surface area contributed by atoms with Gasteiger partial charge in [-0.3, -0.25) is 0 Å². The van der Waals surface area contributed by atoms with Crippen LogP contribution in [-0.4, -0.2) is 34.3 Å². The van der Waals surface area contributed by atoms with E-state index in [1.807, 2.05) is 0 Å². The lowest BCUT2D eigenvalue weighted by Crippen LogP contribution is -2.29. The molecule has 0 unspecified atom stereocenters. The Morgan fingerprint density at radius 1 is 1.33 bits per heavy atom. The number of methoxy groups -OCH3 is 1. The van der Waals surface area contributed by atoms with Crippen LogP contribution in [-0.2, 0) is 9.47 Å². The Kier molecular flexibility index (Phi) is 4.04. The van der Waals surface area contributed by atoms with E-state index in [4.69, 9.17) is 9.47 Å². The van der Waals surface area contributed by atoms with Crippen LogP contribution in [0, 0.1) is 0 Å². The molecule has 2 aromatic heterocycles. The van der Waals surface area contributed by atoms with Crippen molar-refractivity contribution in [2.24, 2.45) is 0 Å². The summed E-state index contributed by atoms with van der Waals surface area (Å²) in [6, 6.07) is 3.27. The molecule has 2 aromatic rings. The SMILES string of the molecule is COC(=O)c1cc2c(Br)ccnc2n1C(=O)OC(C)(C)C. The Morgan fingerprint density at radius 3 is 2.57 bits per heavy atom. The number of hydrogen-bond donors (Lipinski definition) is 0. The van der Waals surface area contributed by atoms with Gasteiger partial charge in [0.15, 0.2) is 5.65 Å². The van der Waals surface area contributed by atoms with E-state index >= 15 is 0 Å². The molecule has 2 heterocycles. The summed E-state index contributed by atoms with van der Waals surface area (Å²) in [4.78, 5) is 28.4. The monoisotopic (exact) mass is 354 g/mol. The van der Waals surface area contributed by atoms with Crippen LogP contribution in [0.1, 0.15) is 31.3 Å². The molecule has 0 saturated carbocycles. The number of hydrogen-bond acceptors (Lipinski definition) is 5. The summed E-state index contributed by atoms with van der Waals surface area (Å²) >= 11 is 3.37. The molecule has 0 fully saturated rings. The molecule has 112 valence electrons. The third kappa shape index (κ3) is 3.07. The molecule has 2 rings (SSSR count). The van der Waals surface area contributed by atoms with Crippen LogP contribution in [0.4, 0.5) is 4.79 Å². The van der Waals surface area contributed by atoms with Gasteiger partial charge in [0, 0.05) is 16.1 Å². The number of esters is 1. The van der Waals surface area contributed by atoms with E-state index in [-0.39, 0.29) is 5.69 Å². The van der Waals surface area contributed by atoms with E-state index in [1.165, 1.54) is 13.3 Å². The van der Waals surface area contributed by atoms with Gasteiger partial charge in [0.05, 0.1) is 7.11 Å². The fourth-order valence-electron chi connectivity index (χ4n) is 1.81. The van der Waals surface area contributed by atoms with Crippen molar-refractivity contribution in [3.8, 4) is 0 Å². The fourth-order valence-corrected chi connectivity index (χ4v) is 2.22. The second kappa shape index (κ2) is 5.48. The minimum absolute atomic E-state index is 0.0705. The molecule has 0 spiro atoms. The number of fused-ring (bicyclic) bond motifs is 1. The van der Waals surface area contributed by atoms with Gasteiger partial charge in [0.25, 0.3) is 0 Å². The van der Waals surface area contributed by atoms with Crippen LogP contribution < -0.4 is 0 Å². The second-order valence-electron chi connectivity index (χ2n) is 5.37. The summed E-state index contributed by atoms with van der Waals surface area (Å²) in [6.45, 7) is 5.24. The third-order valence-electron chi connectivity index (χ3n) is 2.62. The number of carbonyl (C=O) groups is 2. The highest BCUT2D eigenvalue weighted by molar-refractivity contribution is 9.10. The highest BCUT2D eigenvalue weighted by Crippen LogP contribution is 2.27. The van der Waals surface area contributed by atoms with E-state index in [0.717, 1.165) is 9.04 Å². The largest absolute Gasteiger partial charge is 0.464 e. The third-order valence-corrected chi connectivity index (χ3v) is 3.31. The Bertz CT molecular complexity index is 716. The first-order chi connectivity index (χ1) is 9.74. The average Bonchev–Trinajstić information content (AvgIpc) is 2.76. The normalized spacial score (nSPS) is 11.5.